The van der Waals surface area contributed by atoms with E-state index in [-0.39, 0.29) is 0 Å². The Bertz CT molecular complexity index is 739. The number of fused-ring (bicyclic) bond motifs is 1. The summed E-state index contributed by atoms with van der Waals surface area (Å²) in [5, 5.41) is 11.7. The highest BCUT2D eigenvalue weighted by Gasteiger charge is 2.14. The lowest BCUT2D eigenvalue weighted by atomic mass is 9.96. The molecule has 20 heavy (non-hydrogen) atoms. The van der Waals surface area contributed by atoms with Crippen molar-refractivity contribution in [3.05, 3.63) is 77.0 Å². The molecule has 3 aromatic rings. The molecule has 0 aliphatic rings. The van der Waals surface area contributed by atoms with Crippen LogP contribution in [0.25, 0.3) is 10.9 Å². The van der Waals surface area contributed by atoms with Gasteiger partial charge in [0.1, 0.15) is 6.10 Å². The zero-order valence-corrected chi connectivity index (χ0v) is 11.7. The van der Waals surface area contributed by atoms with E-state index in [1.165, 1.54) is 0 Å². The largest absolute Gasteiger partial charge is 0.384 e. The van der Waals surface area contributed by atoms with Gasteiger partial charge in [-0.25, -0.2) is 0 Å². The average Bonchev–Trinajstić information content (AvgIpc) is 2.45. The number of aliphatic hydroxyl groups excluding tert-OH is 1. The number of rotatable bonds is 2. The van der Waals surface area contributed by atoms with Crippen LogP contribution in [-0.2, 0) is 0 Å². The van der Waals surface area contributed by atoms with Crippen LogP contribution in [0.15, 0.2) is 54.7 Å². The molecule has 1 N–H and O–H groups in total. The van der Waals surface area contributed by atoms with Crippen LogP contribution < -0.4 is 0 Å². The predicted molar refractivity (Wildman–Crippen MR) is 81.7 cm³/mol. The third-order valence-corrected chi connectivity index (χ3v) is 3.52. The summed E-state index contributed by atoms with van der Waals surface area (Å²) in [7, 11) is 0. The molecule has 1 aromatic heterocycles. The zero-order valence-electron chi connectivity index (χ0n) is 11.7. The molecule has 0 aliphatic heterocycles. The van der Waals surface area contributed by atoms with Crippen molar-refractivity contribution in [2.24, 2.45) is 0 Å². The van der Waals surface area contributed by atoms with E-state index >= 15 is 0 Å². The first-order valence-electron chi connectivity index (χ1n) is 6.75. The van der Waals surface area contributed by atoms with Gasteiger partial charge in [-0.05, 0) is 25.5 Å². The summed E-state index contributed by atoms with van der Waals surface area (Å²) in [6, 6.07) is 16.0. The van der Waals surface area contributed by atoms with Crippen molar-refractivity contribution in [3.8, 4) is 0 Å². The maximum atomic E-state index is 10.7. The summed E-state index contributed by atoms with van der Waals surface area (Å²) >= 11 is 0. The first-order valence-corrected chi connectivity index (χ1v) is 6.75. The van der Waals surface area contributed by atoms with Crippen LogP contribution in [0.2, 0.25) is 0 Å². The van der Waals surface area contributed by atoms with Crippen molar-refractivity contribution >= 4 is 10.9 Å². The number of para-hydroxylation sites is 1. The molecule has 0 radical (unpaired) electrons. The Kier molecular flexibility index (Phi) is 3.25. The third-order valence-electron chi connectivity index (χ3n) is 3.52. The summed E-state index contributed by atoms with van der Waals surface area (Å²) < 4.78 is 0. The normalized spacial score (nSPS) is 12.6. The number of pyridine rings is 1. The zero-order chi connectivity index (χ0) is 14.1. The fraction of sp³-hybridized carbons (Fsp3) is 0.167. The molecule has 0 bridgehead atoms. The number of aliphatic hydroxyl groups is 1. The summed E-state index contributed by atoms with van der Waals surface area (Å²) in [6.45, 7) is 4.09. The second-order valence-electron chi connectivity index (χ2n) is 5.25. The standard InChI is InChI=1S/C18H17NO/c1-12-9-13(2)11-15(10-12)18(20)16-7-3-5-14-6-4-8-19-17(14)16/h3-11,18,20H,1-2H3. The fourth-order valence-electron chi connectivity index (χ4n) is 2.70. The molecule has 0 fully saturated rings. The van der Waals surface area contributed by atoms with Gasteiger partial charge in [-0.15, -0.1) is 0 Å². The van der Waals surface area contributed by atoms with Gasteiger partial charge in [0.25, 0.3) is 0 Å². The SMILES string of the molecule is Cc1cc(C)cc(C(O)c2cccc3cccnc23)c1. The molecule has 2 nitrogen and oxygen atoms in total. The Morgan fingerprint density at radius 3 is 2.40 bits per heavy atom. The quantitative estimate of drug-likeness (QED) is 0.760. The van der Waals surface area contributed by atoms with E-state index in [2.05, 4.69) is 11.1 Å². The van der Waals surface area contributed by atoms with Gasteiger partial charge in [-0.1, -0.05) is 53.6 Å². The molecule has 0 spiro atoms. The molecule has 1 heterocycles. The van der Waals surface area contributed by atoms with E-state index in [1.54, 1.807) is 6.20 Å². The highest BCUT2D eigenvalue weighted by atomic mass is 16.3. The van der Waals surface area contributed by atoms with Crippen LogP contribution in [0, 0.1) is 13.8 Å². The van der Waals surface area contributed by atoms with Crippen LogP contribution in [0.1, 0.15) is 28.4 Å². The van der Waals surface area contributed by atoms with Crippen molar-refractivity contribution in [2.75, 3.05) is 0 Å². The van der Waals surface area contributed by atoms with E-state index in [0.29, 0.717) is 0 Å². The molecule has 3 rings (SSSR count). The molecule has 0 saturated carbocycles. The van der Waals surface area contributed by atoms with Gasteiger partial charge in [0.05, 0.1) is 5.52 Å². The minimum Gasteiger partial charge on any atom is -0.384 e. The van der Waals surface area contributed by atoms with Crippen molar-refractivity contribution < 1.29 is 5.11 Å². The molecule has 1 atom stereocenters. The van der Waals surface area contributed by atoms with Gasteiger partial charge in [0.2, 0.25) is 0 Å². The molecule has 0 amide bonds. The van der Waals surface area contributed by atoms with Crippen LogP contribution in [-0.4, -0.2) is 10.1 Å². The van der Waals surface area contributed by atoms with Crippen molar-refractivity contribution in [3.63, 3.8) is 0 Å². The van der Waals surface area contributed by atoms with E-state index in [4.69, 9.17) is 0 Å². The van der Waals surface area contributed by atoms with Gasteiger partial charge in [-0.2, -0.15) is 0 Å². The van der Waals surface area contributed by atoms with Gasteiger partial charge in [-0.3, -0.25) is 4.98 Å². The van der Waals surface area contributed by atoms with Crippen LogP contribution in [0.4, 0.5) is 0 Å². The summed E-state index contributed by atoms with van der Waals surface area (Å²) in [5.41, 5.74) is 4.95. The van der Waals surface area contributed by atoms with Crippen LogP contribution >= 0.6 is 0 Å². The van der Waals surface area contributed by atoms with Crippen molar-refractivity contribution in [1.82, 2.24) is 4.98 Å². The highest BCUT2D eigenvalue weighted by molar-refractivity contribution is 5.82. The lowest BCUT2D eigenvalue weighted by Gasteiger charge is -2.15. The predicted octanol–water partition coefficient (Wildman–Crippen LogP) is 3.93. The smallest absolute Gasteiger partial charge is 0.106 e. The number of aromatic nitrogens is 1. The summed E-state index contributed by atoms with van der Waals surface area (Å²) in [6.07, 6.45) is 1.12. The first kappa shape index (κ1) is 12.8. The number of hydrogen-bond donors (Lipinski definition) is 1. The van der Waals surface area contributed by atoms with Crippen LogP contribution in [0.3, 0.4) is 0 Å². The van der Waals surface area contributed by atoms with E-state index in [9.17, 15) is 5.11 Å². The van der Waals surface area contributed by atoms with Crippen molar-refractivity contribution in [2.45, 2.75) is 20.0 Å². The second kappa shape index (κ2) is 5.06. The topological polar surface area (TPSA) is 33.1 Å². The Morgan fingerprint density at radius 2 is 1.65 bits per heavy atom. The van der Waals surface area contributed by atoms with Gasteiger partial charge < -0.3 is 5.11 Å². The monoisotopic (exact) mass is 263 g/mol. The van der Waals surface area contributed by atoms with E-state index in [0.717, 1.165) is 33.2 Å². The van der Waals surface area contributed by atoms with Gasteiger partial charge in [0.15, 0.2) is 0 Å². The Labute approximate surface area is 118 Å². The molecular weight excluding hydrogens is 246 g/mol. The molecule has 2 heteroatoms. The molecular formula is C18H17NO. The summed E-state index contributed by atoms with van der Waals surface area (Å²) in [5.74, 6) is 0. The second-order valence-corrected chi connectivity index (χ2v) is 5.25. The number of hydrogen-bond acceptors (Lipinski definition) is 2. The lowest BCUT2D eigenvalue weighted by Crippen LogP contribution is -2.02. The number of nitrogens with zero attached hydrogens (tertiary/aromatic N) is 1. The molecule has 100 valence electrons. The minimum atomic E-state index is -0.646. The van der Waals surface area contributed by atoms with Gasteiger partial charge in [0, 0.05) is 17.1 Å². The minimum absolute atomic E-state index is 0.646. The lowest BCUT2D eigenvalue weighted by molar-refractivity contribution is 0.221. The third kappa shape index (κ3) is 2.30. The van der Waals surface area contributed by atoms with E-state index < -0.39 is 6.10 Å². The highest BCUT2D eigenvalue weighted by Crippen LogP contribution is 2.28. The number of benzene rings is 2. The summed E-state index contributed by atoms with van der Waals surface area (Å²) in [4.78, 5) is 4.41. The molecule has 1 unspecified atom stereocenters. The molecule has 0 aliphatic carbocycles. The average molecular weight is 263 g/mol. The Balaban J connectivity index is 2.15. The van der Waals surface area contributed by atoms with Crippen LogP contribution in [0.5, 0.6) is 0 Å². The fourth-order valence-corrected chi connectivity index (χ4v) is 2.70. The first-order chi connectivity index (χ1) is 9.65. The Hall–Kier alpha value is -2.19. The number of aryl methyl sites for hydroxylation is 2. The van der Waals surface area contributed by atoms with E-state index in [1.807, 2.05) is 56.3 Å². The maximum absolute atomic E-state index is 10.7. The Morgan fingerprint density at radius 1 is 0.950 bits per heavy atom. The molecule has 2 aromatic carbocycles. The maximum Gasteiger partial charge on any atom is 0.106 e. The van der Waals surface area contributed by atoms with Gasteiger partial charge >= 0.3 is 0 Å². The molecule has 0 saturated heterocycles. The van der Waals surface area contributed by atoms with Crippen molar-refractivity contribution in [1.29, 1.82) is 0 Å².